The van der Waals surface area contributed by atoms with Crippen LogP contribution >= 0.6 is 0 Å². The Morgan fingerprint density at radius 3 is 2.29 bits per heavy atom. The van der Waals surface area contributed by atoms with Gasteiger partial charge in [0.15, 0.2) is 5.96 Å². The van der Waals surface area contributed by atoms with Gasteiger partial charge in [-0.2, -0.15) is 0 Å². The molecule has 0 aromatic heterocycles. The van der Waals surface area contributed by atoms with E-state index in [1.807, 2.05) is 0 Å². The van der Waals surface area contributed by atoms with Crippen LogP contribution in [-0.2, 0) is 19.2 Å². The zero-order valence-electron chi connectivity index (χ0n) is 18.2. The zero-order valence-corrected chi connectivity index (χ0v) is 18.2. The molecule has 0 aliphatic heterocycles. The molecule has 10 N–H and O–H groups in total. The number of anilines is 1. The van der Waals surface area contributed by atoms with Crippen molar-refractivity contribution in [2.75, 3.05) is 18.4 Å². The van der Waals surface area contributed by atoms with Crippen LogP contribution in [-0.4, -0.2) is 64.9 Å². The van der Waals surface area contributed by atoms with Crippen molar-refractivity contribution in [2.24, 2.45) is 22.2 Å². The Labute approximate surface area is 194 Å². The van der Waals surface area contributed by atoms with Gasteiger partial charge in [0.2, 0.25) is 17.7 Å². The third-order valence-electron chi connectivity index (χ3n) is 4.37. The molecular weight excluding hydrogens is 452 g/mol. The van der Waals surface area contributed by atoms with Gasteiger partial charge < -0.3 is 38.3 Å². The van der Waals surface area contributed by atoms with Crippen LogP contribution in [0.1, 0.15) is 25.7 Å². The zero-order chi connectivity index (χ0) is 25.7. The second-order valence-corrected chi connectivity index (χ2v) is 7.12. The molecule has 2 atom stereocenters. The van der Waals surface area contributed by atoms with Crippen LogP contribution in [0, 0.1) is 10.1 Å². The number of carbonyl (C=O) groups is 4. The van der Waals surface area contributed by atoms with Crippen molar-refractivity contribution in [3.05, 3.63) is 34.4 Å². The highest BCUT2D eigenvalue weighted by Gasteiger charge is 2.22. The minimum absolute atomic E-state index is 0.103. The molecule has 15 nitrogen and oxygen atoms in total. The highest BCUT2D eigenvalue weighted by molar-refractivity contribution is 5.98. The number of hydrogen-bond donors (Lipinski definition) is 7. The van der Waals surface area contributed by atoms with Crippen molar-refractivity contribution in [3.8, 4) is 0 Å². The number of nitro benzene ring substituents is 1. The standard InChI is InChI=1S/C19H28N8O7/c20-13(7-8-16(29)30)17(31)24-10-15(28)26-14(2-1-9-23-19(21)22)18(32)25-11-3-5-12(6-4-11)27(33)34/h3-6,13-14H,1-2,7-10,20H2,(H,24,31)(H,25,32)(H,26,28)(H,29,30)(H4,21,22,23)/t13-,14+/m1/s1. The molecule has 1 aromatic carbocycles. The summed E-state index contributed by atoms with van der Waals surface area (Å²) in [4.78, 5) is 61.4. The first-order chi connectivity index (χ1) is 16.0. The van der Waals surface area contributed by atoms with Crippen LogP contribution in [0.4, 0.5) is 11.4 Å². The van der Waals surface area contributed by atoms with E-state index in [0.29, 0.717) is 6.42 Å². The maximum atomic E-state index is 12.7. The molecule has 0 saturated carbocycles. The summed E-state index contributed by atoms with van der Waals surface area (Å²) in [5.74, 6) is -3.24. The van der Waals surface area contributed by atoms with Gasteiger partial charge in [-0.1, -0.05) is 0 Å². The lowest BCUT2D eigenvalue weighted by Crippen LogP contribution is -2.49. The number of nitrogens with zero attached hydrogens (tertiary/aromatic N) is 2. The van der Waals surface area contributed by atoms with Crippen LogP contribution < -0.4 is 33.2 Å². The number of nitrogens with one attached hydrogen (secondary N) is 3. The van der Waals surface area contributed by atoms with Crippen molar-refractivity contribution < 1.29 is 29.2 Å². The molecule has 1 rings (SSSR count). The van der Waals surface area contributed by atoms with Crippen molar-refractivity contribution in [2.45, 2.75) is 37.8 Å². The summed E-state index contributed by atoms with van der Waals surface area (Å²) in [5.41, 5.74) is 16.2. The van der Waals surface area contributed by atoms with Crippen LogP contribution in [0.2, 0.25) is 0 Å². The van der Waals surface area contributed by atoms with Gasteiger partial charge in [-0.3, -0.25) is 34.3 Å². The molecule has 0 spiro atoms. The fourth-order valence-electron chi connectivity index (χ4n) is 2.62. The van der Waals surface area contributed by atoms with E-state index in [2.05, 4.69) is 20.9 Å². The van der Waals surface area contributed by atoms with Crippen LogP contribution in [0.3, 0.4) is 0 Å². The Balaban J connectivity index is 2.72. The first kappa shape index (κ1) is 27.8. The van der Waals surface area contributed by atoms with Gasteiger partial charge in [0.1, 0.15) is 6.04 Å². The van der Waals surface area contributed by atoms with E-state index in [1.54, 1.807) is 0 Å². The van der Waals surface area contributed by atoms with Gasteiger partial charge in [-0.15, -0.1) is 0 Å². The summed E-state index contributed by atoms with van der Waals surface area (Å²) in [6.07, 6.45) is 0.0751. The third-order valence-corrected chi connectivity index (χ3v) is 4.37. The molecule has 0 saturated heterocycles. The number of amides is 3. The van der Waals surface area contributed by atoms with Crippen LogP contribution in [0.25, 0.3) is 0 Å². The summed E-state index contributed by atoms with van der Waals surface area (Å²) in [6.45, 7) is -0.288. The lowest BCUT2D eigenvalue weighted by molar-refractivity contribution is -0.384. The Morgan fingerprint density at radius 2 is 1.74 bits per heavy atom. The van der Waals surface area contributed by atoms with Gasteiger partial charge in [-0.25, -0.2) is 0 Å². The van der Waals surface area contributed by atoms with E-state index in [4.69, 9.17) is 22.3 Å². The second-order valence-electron chi connectivity index (χ2n) is 7.12. The molecule has 0 aliphatic carbocycles. The van der Waals surface area contributed by atoms with Crippen molar-refractivity contribution in [1.82, 2.24) is 10.6 Å². The molecule has 0 bridgehead atoms. The lowest BCUT2D eigenvalue weighted by Gasteiger charge is -2.19. The summed E-state index contributed by atoms with van der Waals surface area (Å²) < 4.78 is 0. The van der Waals surface area contributed by atoms with Gasteiger partial charge in [-0.05, 0) is 31.4 Å². The Hall–Kier alpha value is -4.27. The highest BCUT2D eigenvalue weighted by Crippen LogP contribution is 2.16. The van der Waals surface area contributed by atoms with Gasteiger partial charge in [0, 0.05) is 30.8 Å². The average molecular weight is 480 g/mol. The van der Waals surface area contributed by atoms with E-state index in [9.17, 15) is 29.3 Å². The molecule has 0 radical (unpaired) electrons. The summed E-state index contributed by atoms with van der Waals surface area (Å²) in [7, 11) is 0. The summed E-state index contributed by atoms with van der Waals surface area (Å²) in [6, 6.07) is 2.97. The fraction of sp³-hybridized carbons (Fsp3) is 0.421. The van der Waals surface area contributed by atoms with Crippen molar-refractivity contribution in [3.63, 3.8) is 0 Å². The van der Waals surface area contributed by atoms with E-state index < -0.39 is 47.2 Å². The lowest BCUT2D eigenvalue weighted by atomic mass is 10.1. The minimum atomic E-state index is -1.11. The molecule has 0 aliphatic rings. The molecule has 0 unspecified atom stereocenters. The number of guanidine groups is 1. The molecule has 3 amide bonds. The van der Waals surface area contributed by atoms with Crippen molar-refractivity contribution in [1.29, 1.82) is 0 Å². The second kappa shape index (κ2) is 14.0. The minimum Gasteiger partial charge on any atom is -0.481 e. The molecule has 15 heteroatoms. The summed E-state index contributed by atoms with van der Waals surface area (Å²) >= 11 is 0. The van der Waals surface area contributed by atoms with E-state index in [-0.39, 0.29) is 43.1 Å². The van der Waals surface area contributed by atoms with Gasteiger partial charge in [0.05, 0.1) is 17.5 Å². The van der Waals surface area contributed by atoms with Gasteiger partial charge in [0.25, 0.3) is 5.69 Å². The molecular formula is C19H28N8O7. The molecule has 34 heavy (non-hydrogen) atoms. The summed E-state index contributed by atoms with van der Waals surface area (Å²) in [5, 5.41) is 26.7. The maximum absolute atomic E-state index is 12.7. The van der Waals surface area contributed by atoms with E-state index >= 15 is 0 Å². The number of rotatable bonds is 14. The van der Waals surface area contributed by atoms with Gasteiger partial charge >= 0.3 is 5.97 Å². The number of hydrogen-bond acceptors (Lipinski definition) is 8. The largest absolute Gasteiger partial charge is 0.481 e. The maximum Gasteiger partial charge on any atom is 0.303 e. The number of carboxylic acid groups (broad SMARTS) is 1. The Kier molecular flexibility index (Phi) is 11.4. The van der Waals surface area contributed by atoms with E-state index in [1.165, 1.54) is 24.3 Å². The van der Waals surface area contributed by atoms with Crippen LogP contribution in [0.15, 0.2) is 29.3 Å². The monoisotopic (exact) mass is 480 g/mol. The number of non-ortho nitro benzene ring substituents is 1. The number of nitro groups is 1. The fourth-order valence-corrected chi connectivity index (χ4v) is 2.62. The highest BCUT2D eigenvalue weighted by atomic mass is 16.6. The normalized spacial score (nSPS) is 12.0. The number of benzene rings is 1. The first-order valence-electron chi connectivity index (χ1n) is 10.1. The molecule has 186 valence electrons. The smallest absolute Gasteiger partial charge is 0.303 e. The topological polar surface area (TPSA) is 258 Å². The van der Waals surface area contributed by atoms with Crippen molar-refractivity contribution >= 4 is 41.0 Å². The Morgan fingerprint density at radius 1 is 1.09 bits per heavy atom. The number of aliphatic imine (C=N–C) groups is 1. The predicted molar refractivity (Wildman–Crippen MR) is 121 cm³/mol. The SMILES string of the molecule is NC(N)=NCCC[C@H](NC(=O)CNC(=O)[C@H](N)CCC(=O)O)C(=O)Nc1ccc([N+](=O)[O-])cc1. The predicted octanol–water partition coefficient (Wildman–Crippen LogP) is -1.62. The Bertz CT molecular complexity index is 916. The number of nitrogens with two attached hydrogens (primary N) is 3. The number of carbonyl (C=O) groups excluding carboxylic acids is 3. The molecule has 1 aromatic rings. The van der Waals surface area contributed by atoms with Crippen LogP contribution in [0.5, 0.6) is 0 Å². The van der Waals surface area contributed by atoms with E-state index in [0.717, 1.165) is 0 Å². The number of carboxylic acids is 1. The first-order valence-corrected chi connectivity index (χ1v) is 10.1. The molecule has 0 heterocycles. The number of aliphatic carboxylic acids is 1. The molecule has 0 fully saturated rings. The quantitative estimate of drug-likeness (QED) is 0.0526. The average Bonchev–Trinajstić information content (AvgIpc) is 2.77. The third kappa shape index (κ3) is 10.9.